The summed E-state index contributed by atoms with van der Waals surface area (Å²) in [6.45, 7) is 1.45. The Morgan fingerprint density at radius 3 is 1.76 bits per heavy atom. The second kappa shape index (κ2) is 16.7. The average Bonchev–Trinajstić information content (AvgIpc) is 4.09. The van der Waals surface area contributed by atoms with E-state index in [1.807, 2.05) is 70.7 Å². The molecule has 6 aromatic rings. The van der Waals surface area contributed by atoms with Gasteiger partial charge in [0.1, 0.15) is 17.7 Å². The van der Waals surface area contributed by atoms with Gasteiger partial charge in [0.2, 0.25) is 12.3 Å². The maximum absolute atomic E-state index is 14.1. The number of hydrogen-bond acceptors (Lipinski definition) is 8. The maximum atomic E-state index is 14.1. The van der Waals surface area contributed by atoms with Crippen LogP contribution in [0.4, 0.5) is 0 Å². The quantitative estimate of drug-likeness (QED) is 0.113. The molecule has 0 saturated carbocycles. The van der Waals surface area contributed by atoms with Crippen LogP contribution in [0, 0.1) is 0 Å². The molecule has 0 bridgehead atoms. The fourth-order valence-corrected chi connectivity index (χ4v) is 8.56. The van der Waals surface area contributed by atoms with Crippen molar-refractivity contribution in [2.75, 3.05) is 27.0 Å². The van der Waals surface area contributed by atoms with Crippen LogP contribution in [0.2, 0.25) is 5.02 Å². The Labute approximate surface area is 341 Å². The smallest absolute Gasteiger partial charge is 0.256 e. The lowest BCUT2D eigenvalue weighted by atomic mass is 10.0. The molecule has 9 rings (SSSR count). The highest BCUT2D eigenvalue weighted by Crippen LogP contribution is 2.37. The topological polar surface area (TPSA) is 138 Å². The Bertz CT molecular complexity index is 2360. The number of rotatable bonds is 12. The molecule has 2 aromatic heterocycles. The second-order valence-electron chi connectivity index (χ2n) is 14.8. The van der Waals surface area contributed by atoms with Crippen molar-refractivity contribution in [1.82, 2.24) is 35.1 Å². The molecule has 4 atom stereocenters. The lowest BCUT2D eigenvalue weighted by Gasteiger charge is -2.34. The number of aromatic amines is 2. The molecule has 0 aliphatic carbocycles. The average molecular weight is 798 g/mol. The molecular weight excluding hydrogens is 754 g/mol. The van der Waals surface area contributed by atoms with Crippen molar-refractivity contribution in [3.63, 3.8) is 0 Å². The van der Waals surface area contributed by atoms with Crippen molar-refractivity contribution in [3.05, 3.63) is 143 Å². The van der Waals surface area contributed by atoms with E-state index in [1.54, 1.807) is 13.2 Å². The second-order valence-corrected chi connectivity index (χ2v) is 15.2. The highest BCUT2D eigenvalue weighted by atomic mass is 35.5. The van der Waals surface area contributed by atoms with Crippen molar-refractivity contribution in [3.8, 4) is 33.6 Å². The van der Waals surface area contributed by atoms with Crippen molar-refractivity contribution in [1.29, 1.82) is 0 Å². The Morgan fingerprint density at radius 2 is 1.24 bits per heavy atom. The van der Waals surface area contributed by atoms with E-state index in [9.17, 15) is 9.59 Å². The predicted molar refractivity (Wildman–Crippen MR) is 219 cm³/mol. The zero-order chi connectivity index (χ0) is 39.6. The Hall–Kier alpha value is -5.63. The zero-order valence-corrected chi connectivity index (χ0v) is 32.8. The summed E-state index contributed by atoms with van der Waals surface area (Å²) in [5.41, 5.74) is 7.46. The highest BCUT2D eigenvalue weighted by molar-refractivity contribution is 6.31. The largest absolute Gasteiger partial charge is 0.367 e. The zero-order valence-electron chi connectivity index (χ0n) is 32.0. The van der Waals surface area contributed by atoms with E-state index in [4.69, 9.17) is 35.8 Å². The molecule has 13 heteroatoms. The number of methoxy groups -OCH3 is 1. The van der Waals surface area contributed by atoms with Crippen LogP contribution >= 0.6 is 11.6 Å². The molecule has 3 saturated heterocycles. The molecule has 2 amide bonds. The molecule has 58 heavy (non-hydrogen) atoms. The Morgan fingerprint density at radius 1 is 0.724 bits per heavy atom. The third-order valence-electron chi connectivity index (χ3n) is 11.4. The van der Waals surface area contributed by atoms with Crippen molar-refractivity contribution in [2.24, 2.45) is 0 Å². The fourth-order valence-electron chi connectivity index (χ4n) is 8.31. The van der Waals surface area contributed by atoms with Gasteiger partial charge in [0.25, 0.3) is 5.91 Å². The predicted octanol–water partition coefficient (Wildman–Crippen LogP) is 8.12. The third kappa shape index (κ3) is 7.57. The molecule has 3 aliphatic rings. The number of imidazole rings is 2. The van der Waals surface area contributed by atoms with Gasteiger partial charge in [-0.25, -0.2) is 9.97 Å². The molecule has 5 heterocycles. The van der Waals surface area contributed by atoms with Gasteiger partial charge in [0.05, 0.1) is 35.9 Å². The van der Waals surface area contributed by atoms with E-state index in [0.717, 1.165) is 76.5 Å². The number of halogens is 1. The molecule has 3 fully saturated rings. The number of amides is 2. The summed E-state index contributed by atoms with van der Waals surface area (Å²) in [5, 5.41) is 3.67. The van der Waals surface area contributed by atoms with Gasteiger partial charge >= 0.3 is 0 Å². The first kappa shape index (κ1) is 37.9. The van der Waals surface area contributed by atoms with Gasteiger partial charge in [-0.2, -0.15) is 0 Å². The van der Waals surface area contributed by atoms with Gasteiger partial charge in [0.15, 0.2) is 12.9 Å². The van der Waals surface area contributed by atoms with Crippen molar-refractivity contribution >= 4 is 23.4 Å². The molecular formula is C45H44ClN7O5. The number of carbonyl (C=O) groups is 2. The van der Waals surface area contributed by atoms with Gasteiger partial charge in [0, 0.05) is 25.2 Å². The van der Waals surface area contributed by atoms with Crippen LogP contribution in [-0.2, 0) is 23.8 Å². The van der Waals surface area contributed by atoms with Gasteiger partial charge in [-0.15, -0.1) is 0 Å². The number of H-pyrrole nitrogens is 2. The first-order chi connectivity index (χ1) is 28.4. The standard InChI is InChI=1S/C45H44ClN7O5/c1-56-40(32-9-3-2-4-10-32)44(55)53-24-8-14-38(53)42-48-26-36(50-42)31-21-17-29(18-22-31)28-15-19-30(20-16-28)35-25-47-41(49-35)37-13-7-23-52(37)43(54)39(51-45-57-27-58-45)33-11-5-6-12-34(33)46/h2-6,9-12,15-22,25-26,37-40,45,51H,7-8,13-14,23-24,27H2,1H3,(H,47,49)(H,48,50)/t37-,38-,39+,40+/m0/s1. The SMILES string of the molecule is CO[C@@H](C(=O)N1CCC[C@H]1c1ncc(-c2ccc(-c3ccc(-c4cnc([C@@H]5CCCN5C(=O)[C@H](NC5OCO5)c5ccccc5Cl)[nH]4)cc3)cc2)[nH]1)c1ccccc1. The van der Waals surface area contributed by atoms with Crippen LogP contribution in [0.15, 0.2) is 116 Å². The van der Waals surface area contributed by atoms with Gasteiger partial charge in [-0.1, -0.05) is 109 Å². The lowest BCUT2D eigenvalue weighted by Crippen LogP contribution is -2.50. The summed E-state index contributed by atoms with van der Waals surface area (Å²) in [6, 6.07) is 32.6. The lowest BCUT2D eigenvalue weighted by molar-refractivity contribution is -0.335. The summed E-state index contributed by atoms with van der Waals surface area (Å²) < 4.78 is 16.5. The molecule has 3 aliphatic heterocycles. The van der Waals surface area contributed by atoms with E-state index in [0.29, 0.717) is 23.7 Å². The molecule has 3 N–H and O–H groups in total. The van der Waals surface area contributed by atoms with Crippen LogP contribution in [0.25, 0.3) is 33.6 Å². The molecule has 0 spiro atoms. The number of carbonyl (C=O) groups excluding carboxylic acids is 2. The molecule has 4 aromatic carbocycles. The van der Waals surface area contributed by atoms with Crippen LogP contribution < -0.4 is 5.32 Å². The number of ether oxygens (including phenoxy) is 3. The number of hydrogen-bond donors (Lipinski definition) is 3. The summed E-state index contributed by atoms with van der Waals surface area (Å²) >= 11 is 6.55. The van der Waals surface area contributed by atoms with E-state index < -0.39 is 18.6 Å². The normalized spacial score (nSPS) is 19.3. The fraction of sp³-hybridized carbons (Fsp3) is 0.289. The number of nitrogens with one attached hydrogen (secondary N) is 3. The molecule has 12 nitrogen and oxygen atoms in total. The van der Waals surface area contributed by atoms with Crippen LogP contribution in [0.3, 0.4) is 0 Å². The monoisotopic (exact) mass is 797 g/mol. The van der Waals surface area contributed by atoms with E-state index >= 15 is 0 Å². The van der Waals surface area contributed by atoms with Crippen LogP contribution in [-0.4, -0.2) is 75.0 Å². The van der Waals surface area contributed by atoms with Gasteiger partial charge < -0.3 is 34.0 Å². The van der Waals surface area contributed by atoms with Gasteiger partial charge in [-0.05, 0) is 65.1 Å². The summed E-state index contributed by atoms with van der Waals surface area (Å²) in [4.78, 5) is 48.0. The van der Waals surface area contributed by atoms with E-state index in [-0.39, 0.29) is 30.7 Å². The highest BCUT2D eigenvalue weighted by Gasteiger charge is 2.39. The summed E-state index contributed by atoms with van der Waals surface area (Å²) in [7, 11) is 1.58. The van der Waals surface area contributed by atoms with Crippen LogP contribution in [0.5, 0.6) is 0 Å². The number of benzene rings is 4. The van der Waals surface area contributed by atoms with E-state index in [2.05, 4.69) is 63.8 Å². The first-order valence-electron chi connectivity index (χ1n) is 19.7. The van der Waals surface area contributed by atoms with E-state index in [1.165, 1.54) is 0 Å². The minimum absolute atomic E-state index is 0.0484. The summed E-state index contributed by atoms with van der Waals surface area (Å²) in [5.74, 6) is 1.37. The minimum Gasteiger partial charge on any atom is -0.367 e. The number of likely N-dealkylation sites (tertiary alicyclic amines) is 2. The third-order valence-corrected chi connectivity index (χ3v) is 11.7. The number of nitrogens with zero attached hydrogens (tertiary/aromatic N) is 4. The first-order valence-corrected chi connectivity index (χ1v) is 20.1. The maximum Gasteiger partial charge on any atom is 0.256 e. The van der Waals surface area contributed by atoms with Gasteiger partial charge in [-0.3, -0.25) is 14.9 Å². The minimum atomic E-state index is -0.734. The van der Waals surface area contributed by atoms with Crippen molar-refractivity contribution in [2.45, 2.75) is 56.3 Å². The molecule has 0 radical (unpaired) electrons. The van der Waals surface area contributed by atoms with Crippen LogP contribution in [0.1, 0.15) is 72.7 Å². The molecule has 0 unspecified atom stereocenters. The Kier molecular flexibility index (Phi) is 10.9. The summed E-state index contributed by atoms with van der Waals surface area (Å²) in [6.07, 6.45) is 5.75. The van der Waals surface area contributed by atoms with Crippen molar-refractivity contribution < 1.29 is 23.8 Å². The number of aromatic nitrogens is 4. The molecule has 296 valence electrons. The Balaban J connectivity index is 0.859.